The van der Waals surface area contributed by atoms with Gasteiger partial charge >= 0.3 is 6.18 Å². The van der Waals surface area contributed by atoms with E-state index < -0.39 is 11.7 Å². The highest BCUT2D eigenvalue weighted by atomic mass is 19.4. The van der Waals surface area contributed by atoms with Gasteiger partial charge in [-0.3, -0.25) is 0 Å². The highest BCUT2D eigenvalue weighted by Crippen LogP contribution is 2.31. The van der Waals surface area contributed by atoms with Crippen molar-refractivity contribution in [2.45, 2.75) is 6.18 Å². The number of alkyl halides is 3. The number of hydrogen-bond acceptors (Lipinski definition) is 6. The van der Waals surface area contributed by atoms with Gasteiger partial charge in [0.05, 0.1) is 17.5 Å². The monoisotopic (exact) mass is 386 g/mol. The maximum Gasteiger partial charge on any atom is 0.416 e. The molecule has 0 saturated carbocycles. The van der Waals surface area contributed by atoms with Crippen LogP contribution >= 0.6 is 0 Å². The van der Waals surface area contributed by atoms with Crippen LogP contribution in [0.4, 0.5) is 24.9 Å². The summed E-state index contributed by atoms with van der Waals surface area (Å²) in [7, 11) is 0. The van der Waals surface area contributed by atoms with E-state index in [4.69, 9.17) is 0 Å². The van der Waals surface area contributed by atoms with Gasteiger partial charge in [-0.25, -0.2) is 9.97 Å². The molecule has 1 aliphatic heterocycles. The van der Waals surface area contributed by atoms with E-state index in [1.54, 1.807) is 12.3 Å². The van der Waals surface area contributed by atoms with E-state index in [2.05, 4.69) is 25.1 Å². The van der Waals surface area contributed by atoms with Crippen LogP contribution in [0.15, 0.2) is 54.9 Å². The number of benzene rings is 1. The van der Waals surface area contributed by atoms with Crippen LogP contribution in [-0.2, 0) is 6.18 Å². The summed E-state index contributed by atoms with van der Waals surface area (Å²) < 4.78 is 38.9. The molecule has 1 aliphatic rings. The van der Waals surface area contributed by atoms with E-state index in [1.807, 2.05) is 23.1 Å². The summed E-state index contributed by atoms with van der Waals surface area (Å²) in [5, 5.41) is 8.01. The van der Waals surface area contributed by atoms with E-state index in [0.29, 0.717) is 30.3 Å². The van der Waals surface area contributed by atoms with Gasteiger partial charge in [0.25, 0.3) is 0 Å². The zero-order valence-electron chi connectivity index (χ0n) is 14.8. The molecule has 0 amide bonds. The third-order valence-corrected chi connectivity index (χ3v) is 4.57. The first-order valence-corrected chi connectivity index (χ1v) is 8.79. The van der Waals surface area contributed by atoms with Gasteiger partial charge in [0.2, 0.25) is 5.95 Å². The van der Waals surface area contributed by atoms with Gasteiger partial charge < -0.3 is 9.80 Å². The summed E-state index contributed by atoms with van der Waals surface area (Å²) in [6.45, 7) is 2.83. The Hall–Kier alpha value is -3.23. The second kappa shape index (κ2) is 7.41. The van der Waals surface area contributed by atoms with E-state index in [9.17, 15) is 13.2 Å². The Balaban J connectivity index is 1.51. The predicted molar refractivity (Wildman–Crippen MR) is 98.9 cm³/mol. The van der Waals surface area contributed by atoms with E-state index in [0.717, 1.165) is 31.0 Å². The van der Waals surface area contributed by atoms with Crippen molar-refractivity contribution in [1.82, 2.24) is 20.2 Å². The average molecular weight is 386 g/mol. The molecule has 0 atom stereocenters. The Morgan fingerprint density at radius 1 is 0.893 bits per heavy atom. The Morgan fingerprint density at radius 3 is 2.39 bits per heavy atom. The van der Waals surface area contributed by atoms with Crippen molar-refractivity contribution in [3.8, 4) is 11.3 Å². The lowest BCUT2D eigenvalue weighted by molar-refractivity contribution is -0.137. The fraction of sp³-hybridized carbons (Fsp3) is 0.263. The number of anilines is 2. The molecule has 28 heavy (non-hydrogen) atoms. The van der Waals surface area contributed by atoms with Crippen molar-refractivity contribution in [3.63, 3.8) is 0 Å². The minimum Gasteiger partial charge on any atom is -0.353 e. The Kier molecular flexibility index (Phi) is 4.81. The number of pyridine rings is 1. The molecule has 1 saturated heterocycles. The molecule has 0 aliphatic carbocycles. The van der Waals surface area contributed by atoms with Gasteiger partial charge in [-0.2, -0.15) is 18.3 Å². The molecule has 2 aromatic heterocycles. The van der Waals surface area contributed by atoms with Crippen molar-refractivity contribution in [1.29, 1.82) is 0 Å². The molecule has 1 aromatic carbocycles. The topological polar surface area (TPSA) is 58.0 Å². The van der Waals surface area contributed by atoms with Gasteiger partial charge in [-0.15, -0.1) is 5.10 Å². The molecule has 0 radical (unpaired) electrons. The smallest absolute Gasteiger partial charge is 0.353 e. The lowest BCUT2D eigenvalue weighted by atomic mass is 10.1. The van der Waals surface area contributed by atoms with Crippen LogP contribution in [0.25, 0.3) is 11.3 Å². The molecule has 0 N–H and O–H groups in total. The average Bonchev–Trinajstić information content (AvgIpc) is 2.74. The number of hydrogen-bond donors (Lipinski definition) is 0. The number of nitrogens with zero attached hydrogens (tertiary/aromatic N) is 6. The van der Waals surface area contributed by atoms with Gasteiger partial charge in [0.1, 0.15) is 5.82 Å². The Morgan fingerprint density at radius 2 is 1.68 bits per heavy atom. The Labute approximate surface area is 159 Å². The molecule has 144 valence electrons. The second-order valence-corrected chi connectivity index (χ2v) is 6.38. The highest BCUT2D eigenvalue weighted by Gasteiger charge is 2.30. The normalized spacial score (nSPS) is 15.0. The van der Waals surface area contributed by atoms with Gasteiger partial charge in [-0.05, 0) is 24.3 Å². The lowest BCUT2D eigenvalue weighted by Gasteiger charge is -2.35. The zero-order chi connectivity index (χ0) is 19.6. The van der Waals surface area contributed by atoms with E-state index >= 15 is 0 Å². The maximum absolute atomic E-state index is 13.0. The van der Waals surface area contributed by atoms with Gasteiger partial charge in [0, 0.05) is 37.9 Å². The standard InChI is InChI=1S/C19H17F3N6/c20-19(21,22)15-5-3-4-14(12-15)16-13-24-26-18(25-16)28-10-8-27(9-11-28)17-6-1-2-7-23-17/h1-7,12-13H,8-11H2. The highest BCUT2D eigenvalue weighted by molar-refractivity contribution is 5.60. The minimum absolute atomic E-state index is 0.359. The summed E-state index contributed by atoms with van der Waals surface area (Å²) in [6, 6.07) is 10.8. The van der Waals surface area contributed by atoms with Crippen LogP contribution in [0.5, 0.6) is 0 Å². The first-order valence-electron chi connectivity index (χ1n) is 8.79. The van der Waals surface area contributed by atoms with Crippen LogP contribution < -0.4 is 9.80 Å². The van der Waals surface area contributed by atoms with E-state index in [1.165, 1.54) is 12.3 Å². The van der Waals surface area contributed by atoms with Gasteiger partial charge in [0.15, 0.2) is 0 Å². The van der Waals surface area contributed by atoms with Crippen molar-refractivity contribution in [2.75, 3.05) is 36.0 Å². The third-order valence-electron chi connectivity index (χ3n) is 4.57. The van der Waals surface area contributed by atoms with Crippen LogP contribution in [0.3, 0.4) is 0 Å². The van der Waals surface area contributed by atoms with Crippen molar-refractivity contribution in [2.24, 2.45) is 0 Å². The number of halogens is 3. The summed E-state index contributed by atoms with van der Waals surface area (Å²) >= 11 is 0. The first-order chi connectivity index (χ1) is 13.5. The third kappa shape index (κ3) is 3.88. The summed E-state index contributed by atoms with van der Waals surface area (Å²) in [5.74, 6) is 1.33. The fourth-order valence-electron chi connectivity index (χ4n) is 3.10. The summed E-state index contributed by atoms with van der Waals surface area (Å²) in [6.07, 6.45) is -1.27. The second-order valence-electron chi connectivity index (χ2n) is 6.38. The summed E-state index contributed by atoms with van der Waals surface area (Å²) in [5.41, 5.74) is 0.00971. The van der Waals surface area contributed by atoms with Crippen molar-refractivity contribution >= 4 is 11.8 Å². The van der Waals surface area contributed by atoms with Crippen LogP contribution in [0, 0.1) is 0 Å². The molecule has 9 heteroatoms. The first kappa shape index (κ1) is 18.1. The molecule has 4 rings (SSSR count). The molecule has 0 bridgehead atoms. The van der Waals surface area contributed by atoms with E-state index in [-0.39, 0.29) is 0 Å². The zero-order valence-corrected chi connectivity index (χ0v) is 14.8. The van der Waals surface area contributed by atoms with Crippen molar-refractivity contribution in [3.05, 3.63) is 60.4 Å². The number of rotatable bonds is 3. The molecule has 0 spiro atoms. The molecule has 0 unspecified atom stereocenters. The molecule has 3 aromatic rings. The maximum atomic E-state index is 13.0. The largest absolute Gasteiger partial charge is 0.416 e. The quantitative estimate of drug-likeness (QED) is 0.689. The van der Waals surface area contributed by atoms with Crippen LogP contribution in [0.2, 0.25) is 0 Å². The molecule has 6 nitrogen and oxygen atoms in total. The molecule has 1 fully saturated rings. The van der Waals surface area contributed by atoms with Crippen LogP contribution in [0.1, 0.15) is 5.56 Å². The van der Waals surface area contributed by atoms with Crippen LogP contribution in [-0.4, -0.2) is 46.3 Å². The SMILES string of the molecule is FC(F)(F)c1cccc(-c2cnnc(N3CCN(c4ccccn4)CC3)n2)c1. The summed E-state index contributed by atoms with van der Waals surface area (Å²) in [4.78, 5) is 12.9. The van der Waals surface area contributed by atoms with Gasteiger partial charge in [-0.1, -0.05) is 18.2 Å². The molecule has 3 heterocycles. The predicted octanol–water partition coefficient (Wildman–Crippen LogP) is 3.28. The lowest BCUT2D eigenvalue weighted by Crippen LogP contribution is -2.47. The molecular weight excluding hydrogens is 369 g/mol. The fourth-order valence-corrected chi connectivity index (χ4v) is 3.10. The Bertz CT molecular complexity index is 940. The molecular formula is C19H17F3N6. The minimum atomic E-state index is -4.40. The van der Waals surface area contributed by atoms with Crippen molar-refractivity contribution < 1.29 is 13.2 Å². The number of piperazine rings is 1. The number of aromatic nitrogens is 4.